The number of benzene rings is 1. The van der Waals surface area contributed by atoms with Crippen molar-refractivity contribution in [3.8, 4) is 0 Å². The number of nitrogens with zero attached hydrogens (tertiary/aromatic N) is 1. The Morgan fingerprint density at radius 1 is 1.47 bits per heavy atom. The van der Waals surface area contributed by atoms with Gasteiger partial charge in [0.25, 0.3) is 5.69 Å². The summed E-state index contributed by atoms with van der Waals surface area (Å²) < 4.78 is 26.7. The third-order valence-corrected chi connectivity index (χ3v) is 2.22. The van der Waals surface area contributed by atoms with E-state index in [1.165, 1.54) is 0 Å². The van der Waals surface area contributed by atoms with Gasteiger partial charge in [0.1, 0.15) is 5.69 Å². The van der Waals surface area contributed by atoms with Gasteiger partial charge in [0, 0.05) is 6.54 Å². The zero-order valence-corrected chi connectivity index (χ0v) is 9.11. The molecule has 0 aliphatic carbocycles. The first kappa shape index (κ1) is 13.3. The number of anilines is 1. The first-order valence-corrected chi connectivity index (χ1v) is 5.01. The molecule has 0 radical (unpaired) electrons. The number of hydrogen-bond acceptors (Lipinski definition) is 4. The summed E-state index contributed by atoms with van der Waals surface area (Å²) in [7, 11) is 0. The van der Waals surface area contributed by atoms with Crippen LogP contribution in [0, 0.1) is 21.7 Å². The number of aliphatic hydroxyl groups excluding tert-OH is 1. The Kier molecular flexibility index (Phi) is 4.33. The zero-order chi connectivity index (χ0) is 13.0. The summed E-state index contributed by atoms with van der Waals surface area (Å²) in [5.41, 5.74) is -1.12. The SMILES string of the molecule is CCC(O)CNc1c(F)cc([N+](=O)[O-])cc1F. The molecule has 0 spiro atoms. The van der Waals surface area contributed by atoms with Crippen molar-refractivity contribution in [2.75, 3.05) is 11.9 Å². The van der Waals surface area contributed by atoms with Crippen LogP contribution in [0.2, 0.25) is 0 Å². The molecule has 0 aliphatic rings. The van der Waals surface area contributed by atoms with Crippen molar-refractivity contribution in [1.29, 1.82) is 0 Å². The van der Waals surface area contributed by atoms with Crippen molar-refractivity contribution < 1.29 is 18.8 Å². The largest absolute Gasteiger partial charge is 0.391 e. The molecule has 94 valence electrons. The summed E-state index contributed by atoms with van der Waals surface area (Å²) >= 11 is 0. The summed E-state index contributed by atoms with van der Waals surface area (Å²) in [6.45, 7) is 1.69. The summed E-state index contributed by atoms with van der Waals surface area (Å²) in [6.07, 6.45) is -0.299. The first-order valence-electron chi connectivity index (χ1n) is 5.01. The van der Waals surface area contributed by atoms with E-state index >= 15 is 0 Å². The molecule has 1 atom stereocenters. The fourth-order valence-electron chi connectivity index (χ4n) is 1.20. The van der Waals surface area contributed by atoms with Gasteiger partial charge in [-0.15, -0.1) is 0 Å². The average molecular weight is 246 g/mol. The molecule has 1 aromatic carbocycles. The second-order valence-electron chi connectivity index (χ2n) is 3.48. The van der Waals surface area contributed by atoms with E-state index in [1.54, 1.807) is 6.92 Å². The normalized spacial score (nSPS) is 12.2. The Morgan fingerprint density at radius 3 is 2.41 bits per heavy atom. The average Bonchev–Trinajstić information content (AvgIpc) is 2.27. The molecule has 5 nitrogen and oxygen atoms in total. The van der Waals surface area contributed by atoms with Crippen molar-refractivity contribution in [2.45, 2.75) is 19.4 Å². The molecule has 2 N–H and O–H groups in total. The van der Waals surface area contributed by atoms with Gasteiger partial charge < -0.3 is 10.4 Å². The molecule has 0 heterocycles. The van der Waals surface area contributed by atoms with Crippen molar-refractivity contribution in [2.24, 2.45) is 0 Å². The standard InChI is InChI=1S/C10H12F2N2O3/c1-2-7(15)5-13-10-8(11)3-6(14(16)17)4-9(10)12/h3-4,7,13,15H,2,5H2,1H3. The molecule has 0 saturated carbocycles. The van der Waals surface area contributed by atoms with Crippen molar-refractivity contribution >= 4 is 11.4 Å². The molecule has 0 aromatic heterocycles. The highest BCUT2D eigenvalue weighted by Crippen LogP contribution is 2.24. The van der Waals surface area contributed by atoms with Crippen LogP contribution >= 0.6 is 0 Å². The fraction of sp³-hybridized carbons (Fsp3) is 0.400. The van der Waals surface area contributed by atoms with Gasteiger partial charge in [0.15, 0.2) is 11.6 Å². The van der Waals surface area contributed by atoms with Gasteiger partial charge in [0.05, 0.1) is 23.2 Å². The lowest BCUT2D eigenvalue weighted by atomic mass is 10.2. The van der Waals surface area contributed by atoms with E-state index in [-0.39, 0.29) is 6.54 Å². The third-order valence-electron chi connectivity index (χ3n) is 2.22. The molecular weight excluding hydrogens is 234 g/mol. The van der Waals surface area contributed by atoms with E-state index in [4.69, 9.17) is 0 Å². The number of hydrogen-bond donors (Lipinski definition) is 2. The quantitative estimate of drug-likeness (QED) is 0.616. The fourth-order valence-corrected chi connectivity index (χ4v) is 1.20. The minimum atomic E-state index is -1.06. The number of nitro benzene ring substituents is 1. The van der Waals surface area contributed by atoms with Gasteiger partial charge in [-0.05, 0) is 6.42 Å². The topological polar surface area (TPSA) is 75.4 Å². The molecule has 1 unspecified atom stereocenters. The van der Waals surface area contributed by atoms with E-state index in [0.717, 1.165) is 0 Å². The Labute approximate surface area is 96.2 Å². The maximum atomic E-state index is 13.3. The van der Waals surface area contributed by atoms with E-state index < -0.39 is 34.0 Å². The second kappa shape index (κ2) is 5.53. The molecule has 7 heteroatoms. The zero-order valence-electron chi connectivity index (χ0n) is 9.11. The predicted molar refractivity (Wildman–Crippen MR) is 57.8 cm³/mol. The van der Waals surface area contributed by atoms with Crippen LogP contribution in [0.1, 0.15) is 13.3 Å². The van der Waals surface area contributed by atoms with Gasteiger partial charge in [-0.1, -0.05) is 6.92 Å². The number of non-ortho nitro benzene ring substituents is 1. The number of rotatable bonds is 5. The second-order valence-corrected chi connectivity index (χ2v) is 3.48. The Morgan fingerprint density at radius 2 is 2.00 bits per heavy atom. The van der Waals surface area contributed by atoms with Crippen LogP contribution < -0.4 is 5.32 Å². The maximum Gasteiger partial charge on any atom is 0.275 e. The molecule has 0 saturated heterocycles. The molecule has 1 aromatic rings. The van der Waals surface area contributed by atoms with E-state index in [2.05, 4.69) is 5.32 Å². The molecule has 0 bridgehead atoms. The van der Waals surface area contributed by atoms with Gasteiger partial charge in [-0.25, -0.2) is 8.78 Å². The molecule has 17 heavy (non-hydrogen) atoms. The highest BCUT2D eigenvalue weighted by molar-refractivity contribution is 5.51. The minimum absolute atomic E-state index is 0.0256. The lowest BCUT2D eigenvalue weighted by Crippen LogP contribution is -2.19. The van der Waals surface area contributed by atoms with Gasteiger partial charge in [0.2, 0.25) is 0 Å². The number of halogens is 2. The number of aliphatic hydroxyl groups is 1. The van der Waals surface area contributed by atoms with Crippen LogP contribution in [0.3, 0.4) is 0 Å². The van der Waals surface area contributed by atoms with Crippen LogP contribution in [0.25, 0.3) is 0 Å². The Balaban J connectivity index is 2.90. The molecule has 0 fully saturated rings. The Bertz CT molecular complexity index is 403. The monoisotopic (exact) mass is 246 g/mol. The van der Waals surface area contributed by atoms with E-state index in [0.29, 0.717) is 18.6 Å². The van der Waals surface area contributed by atoms with Crippen molar-refractivity contribution in [3.05, 3.63) is 33.9 Å². The van der Waals surface area contributed by atoms with Crippen molar-refractivity contribution in [1.82, 2.24) is 0 Å². The van der Waals surface area contributed by atoms with Crippen LogP contribution in [-0.2, 0) is 0 Å². The lowest BCUT2D eigenvalue weighted by Gasteiger charge is -2.11. The van der Waals surface area contributed by atoms with Crippen LogP contribution in [-0.4, -0.2) is 22.7 Å². The highest BCUT2D eigenvalue weighted by Gasteiger charge is 2.17. The van der Waals surface area contributed by atoms with Crippen molar-refractivity contribution in [3.63, 3.8) is 0 Å². The number of nitrogens with one attached hydrogen (secondary N) is 1. The minimum Gasteiger partial charge on any atom is -0.391 e. The third kappa shape index (κ3) is 3.35. The van der Waals surface area contributed by atoms with Crippen LogP contribution in [0.4, 0.5) is 20.2 Å². The lowest BCUT2D eigenvalue weighted by molar-refractivity contribution is -0.385. The molecule has 0 amide bonds. The predicted octanol–water partition coefficient (Wildman–Crippen LogP) is 2.06. The maximum absolute atomic E-state index is 13.3. The molecule has 1 rings (SSSR count). The number of nitro groups is 1. The summed E-state index contributed by atoms with van der Waals surface area (Å²) in [5.74, 6) is -2.11. The molecule has 0 aliphatic heterocycles. The summed E-state index contributed by atoms with van der Waals surface area (Å²) in [4.78, 5) is 9.46. The summed E-state index contributed by atoms with van der Waals surface area (Å²) in [5, 5.41) is 21.9. The highest BCUT2D eigenvalue weighted by atomic mass is 19.1. The van der Waals surface area contributed by atoms with E-state index in [1.807, 2.05) is 0 Å². The van der Waals surface area contributed by atoms with E-state index in [9.17, 15) is 24.0 Å². The first-order chi connectivity index (χ1) is 7.95. The van der Waals surface area contributed by atoms with Gasteiger partial charge in [-0.2, -0.15) is 0 Å². The van der Waals surface area contributed by atoms with Gasteiger partial charge in [-0.3, -0.25) is 10.1 Å². The van der Waals surface area contributed by atoms with Crippen LogP contribution in [0.5, 0.6) is 0 Å². The van der Waals surface area contributed by atoms with Gasteiger partial charge >= 0.3 is 0 Å². The Hall–Kier alpha value is -1.76. The summed E-state index contributed by atoms with van der Waals surface area (Å²) in [6, 6.07) is 1.26. The molecular formula is C10H12F2N2O3. The van der Waals surface area contributed by atoms with Crippen LogP contribution in [0.15, 0.2) is 12.1 Å². The smallest absolute Gasteiger partial charge is 0.275 e.